The smallest absolute Gasteiger partial charge is 0.155 e. The molecule has 0 saturated heterocycles. The van der Waals surface area contributed by atoms with Crippen molar-refractivity contribution < 1.29 is 4.42 Å². The molecule has 19 heavy (non-hydrogen) atoms. The summed E-state index contributed by atoms with van der Waals surface area (Å²) in [7, 11) is 0. The molecule has 1 N–H and O–H groups in total. The van der Waals surface area contributed by atoms with E-state index in [2.05, 4.69) is 20.4 Å². The predicted molar refractivity (Wildman–Crippen MR) is 69.9 cm³/mol. The van der Waals surface area contributed by atoms with Gasteiger partial charge >= 0.3 is 0 Å². The van der Waals surface area contributed by atoms with Crippen LogP contribution in [0.3, 0.4) is 0 Å². The van der Waals surface area contributed by atoms with Crippen LogP contribution in [-0.2, 0) is 6.54 Å². The van der Waals surface area contributed by atoms with Gasteiger partial charge in [-0.1, -0.05) is 0 Å². The molecule has 3 rings (SSSR count). The number of furan rings is 1. The van der Waals surface area contributed by atoms with Crippen molar-refractivity contribution in [1.82, 2.24) is 19.7 Å². The van der Waals surface area contributed by atoms with Gasteiger partial charge < -0.3 is 9.73 Å². The Bertz CT molecular complexity index is 642. The van der Waals surface area contributed by atoms with Crippen LogP contribution in [0.5, 0.6) is 0 Å². The lowest BCUT2D eigenvalue weighted by Gasteiger charge is -2.05. The van der Waals surface area contributed by atoms with E-state index >= 15 is 0 Å². The van der Waals surface area contributed by atoms with Gasteiger partial charge in [0.2, 0.25) is 0 Å². The lowest BCUT2D eigenvalue weighted by Crippen LogP contribution is -2.01. The zero-order valence-electron chi connectivity index (χ0n) is 10.4. The van der Waals surface area contributed by atoms with Crippen LogP contribution in [-0.4, -0.2) is 19.7 Å². The normalized spacial score (nSPS) is 10.6. The third-order valence-electron chi connectivity index (χ3n) is 2.66. The molecule has 3 aromatic heterocycles. The summed E-state index contributed by atoms with van der Waals surface area (Å²) in [5.41, 5.74) is 0.929. The molecule has 6 heteroatoms. The number of hydrogen-bond acceptors (Lipinski definition) is 5. The number of aromatic nitrogens is 4. The van der Waals surface area contributed by atoms with Crippen molar-refractivity contribution in [3.63, 3.8) is 0 Å². The summed E-state index contributed by atoms with van der Waals surface area (Å²) in [4.78, 5) is 8.19. The first-order valence-electron chi connectivity index (χ1n) is 5.91. The van der Waals surface area contributed by atoms with E-state index in [9.17, 15) is 0 Å². The Morgan fingerprint density at radius 1 is 1.26 bits per heavy atom. The number of pyridine rings is 1. The van der Waals surface area contributed by atoms with Crippen LogP contribution in [0.2, 0.25) is 0 Å². The third-order valence-corrected chi connectivity index (χ3v) is 2.66. The number of hydrogen-bond donors (Lipinski definition) is 1. The Kier molecular flexibility index (Phi) is 2.97. The molecule has 0 spiro atoms. The first kappa shape index (κ1) is 11.5. The second-order valence-corrected chi connectivity index (χ2v) is 4.11. The second-order valence-electron chi connectivity index (χ2n) is 4.11. The Hall–Kier alpha value is -2.63. The van der Waals surface area contributed by atoms with E-state index in [4.69, 9.17) is 4.42 Å². The molecule has 3 aromatic rings. The van der Waals surface area contributed by atoms with Gasteiger partial charge in [-0.2, -0.15) is 5.10 Å². The first-order valence-corrected chi connectivity index (χ1v) is 5.91. The topological polar surface area (TPSA) is 68.8 Å². The summed E-state index contributed by atoms with van der Waals surface area (Å²) in [5, 5.41) is 7.27. The van der Waals surface area contributed by atoms with Crippen LogP contribution < -0.4 is 5.32 Å². The van der Waals surface area contributed by atoms with E-state index in [1.807, 2.05) is 31.2 Å². The summed E-state index contributed by atoms with van der Waals surface area (Å²) in [5.74, 6) is 2.55. The molecule has 0 aromatic carbocycles. The standard InChI is InChI=1S/C13H13N5O/c1-10-2-4-12(19-10)7-15-11-3-5-13(16-6-11)18-9-14-8-17-18/h2-6,8-9,15H,7H2,1H3. The van der Waals surface area contributed by atoms with Crippen molar-refractivity contribution in [3.8, 4) is 5.82 Å². The van der Waals surface area contributed by atoms with E-state index in [0.29, 0.717) is 6.54 Å². The Balaban J connectivity index is 1.66. The molecule has 0 unspecified atom stereocenters. The van der Waals surface area contributed by atoms with E-state index in [1.54, 1.807) is 17.2 Å². The number of anilines is 1. The van der Waals surface area contributed by atoms with Crippen LogP contribution in [0.4, 0.5) is 5.69 Å². The van der Waals surface area contributed by atoms with Gasteiger partial charge in [0, 0.05) is 0 Å². The van der Waals surface area contributed by atoms with Gasteiger partial charge in [0.25, 0.3) is 0 Å². The molecule has 0 radical (unpaired) electrons. The molecule has 3 heterocycles. The fourth-order valence-corrected chi connectivity index (χ4v) is 1.72. The minimum Gasteiger partial charge on any atom is -0.465 e. The highest BCUT2D eigenvalue weighted by molar-refractivity contribution is 5.43. The minimum absolute atomic E-state index is 0.637. The van der Waals surface area contributed by atoms with Crippen molar-refractivity contribution in [2.24, 2.45) is 0 Å². The van der Waals surface area contributed by atoms with Crippen LogP contribution >= 0.6 is 0 Å². The largest absolute Gasteiger partial charge is 0.465 e. The van der Waals surface area contributed by atoms with E-state index in [-0.39, 0.29) is 0 Å². The van der Waals surface area contributed by atoms with Gasteiger partial charge in [-0.25, -0.2) is 14.6 Å². The molecule has 0 aliphatic heterocycles. The molecule has 6 nitrogen and oxygen atoms in total. The molecule has 0 saturated carbocycles. The van der Waals surface area contributed by atoms with Gasteiger partial charge in [0.05, 0.1) is 18.4 Å². The van der Waals surface area contributed by atoms with Crippen LogP contribution in [0.25, 0.3) is 5.82 Å². The predicted octanol–water partition coefficient (Wildman–Crippen LogP) is 2.18. The molecule has 0 aliphatic rings. The SMILES string of the molecule is Cc1ccc(CNc2ccc(-n3cncn3)nc2)o1. The maximum absolute atomic E-state index is 5.48. The molecular weight excluding hydrogens is 242 g/mol. The fraction of sp³-hybridized carbons (Fsp3) is 0.154. The van der Waals surface area contributed by atoms with E-state index < -0.39 is 0 Å². The lowest BCUT2D eigenvalue weighted by atomic mass is 10.3. The zero-order chi connectivity index (χ0) is 13.1. The van der Waals surface area contributed by atoms with Gasteiger partial charge in [0.1, 0.15) is 24.2 Å². The highest BCUT2D eigenvalue weighted by Crippen LogP contribution is 2.12. The summed E-state index contributed by atoms with van der Waals surface area (Å²) in [6.07, 6.45) is 4.85. The summed E-state index contributed by atoms with van der Waals surface area (Å²) in [6.45, 7) is 2.57. The minimum atomic E-state index is 0.637. The molecule has 0 atom stereocenters. The highest BCUT2D eigenvalue weighted by atomic mass is 16.3. The Morgan fingerprint density at radius 2 is 2.21 bits per heavy atom. The van der Waals surface area contributed by atoms with E-state index in [0.717, 1.165) is 23.0 Å². The van der Waals surface area contributed by atoms with E-state index in [1.165, 1.54) is 6.33 Å². The molecule has 0 amide bonds. The van der Waals surface area contributed by atoms with Gasteiger partial charge in [0.15, 0.2) is 5.82 Å². The Labute approximate surface area is 110 Å². The van der Waals surface area contributed by atoms with Gasteiger partial charge in [-0.05, 0) is 31.2 Å². The van der Waals surface area contributed by atoms with Crippen LogP contribution in [0.1, 0.15) is 11.5 Å². The summed E-state index contributed by atoms with van der Waals surface area (Å²) < 4.78 is 7.09. The first-order chi connectivity index (χ1) is 9.31. The van der Waals surface area contributed by atoms with Crippen LogP contribution in [0, 0.1) is 6.92 Å². The van der Waals surface area contributed by atoms with Crippen LogP contribution in [0.15, 0.2) is 47.5 Å². The highest BCUT2D eigenvalue weighted by Gasteiger charge is 2.01. The van der Waals surface area contributed by atoms with Crippen molar-refractivity contribution >= 4 is 5.69 Å². The van der Waals surface area contributed by atoms with Gasteiger partial charge in [-0.3, -0.25) is 0 Å². The molecule has 0 fully saturated rings. The maximum atomic E-state index is 5.48. The summed E-state index contributed by atoms with van der Waals surface area (Å²) in [6, 6.07) is 7.73. The Morgan fingerprint density at radius 3 is 2.84 bits per heavy atom. The average molecular weight is 255 g/mol. The monoisotopic (exact) mass is 255 g/mol. The van der Waals surface area contributed by atoms with Crippen molar-refractivity contribution in [3.05, 3.63) is 54.6 Å². The number of rotatable bonds is 4. The summed E-state index contributed by atoms with van der Waals surface area (Å²) >= 11 is 0. The third kappa shape index (κ3) is 2.62. The quantitative estimate of drug-likeness (QED) is 0.773. The molecule has 0 bridgehead atoms. The van der Waals surface area contributed by atoms with Crippen molar-refractivity contribution in [1.29, 1.82) is 0 Å². The maximum Gasteiger partial charge on any atom is 0.155 e. The van der Waals surface area contributed by atoms with Crippen molar-refractivity contribution in [2.45, 2.75) is 13.5 Å². The molecule has 96 valence electrons. The number of nitrogens with one attached hydrogen (secondary N) is 1. The molecule has 0 aliphatic carbocycles. The zero-order valence-corrected chi connectivity index (χ0v) is 10.4. The fourth-order valence-electron chi connectivity index (χ4n) is 1.72. The van der Waals surface area contributed by atoms with Gasteiger partial charge in [-0.15, -0.1) is 0 Å². The second kappa shape index (κ2) is 4.93. The number of aryl methyl sites for hydroxylation is 1. The number of nitrogens with zero attached hydrogens (tertiary/aromatic N) is 4. The lowest BCUT2D eigenvalue weighted by molar-refractivity contribution is 0.490. The van der Waals surface area contributed by atoms with Crippen molar-refractivity contribution in [2.75, 3.05) is 5.32 Å². The average Bonchev–Trinajstić information content (AvgIpc) is 3.08. The molecular formula is C13H13N5O.